The first kappa shape index (κ1) is 22.9. The molecule has 0 aromatic heterocycles. The van der Waals surface area contributed by atoms with Crippen LogP contribution in [0.5, 0.6) is 0 Å². The zero-order chi connectivity index (χ0) is 22.8. The van der Waals surface area contributed by atoms with Crippen LogP contribution in [0.3, 0.4) is 0 Å². The lowest BCUT2D eigenvalue weighted by molar-refractivity contribution is -0.117. The third-order valence-electron chi connectivity index (χ3n) is 4.90. The predicted octanol–water partition coefficient (Wildman–Crippen LogP) is 2.25. The van der Waals surface area contributed by atoms with Gasteiger partial charge in [-0.15, -0.1) is 0 Å². The number of nitrogens with zero attached hydrogens (tertiary/aromatic N) is 2. The molecule has 0 unspecified atom stereocenters. The Bertz CT molecular complexity index is 1120. The number of benzene rings is 2. The Kier molecular flexibility index (Phi) is 6.77. The number of anilines is 1. The first-order valence-corrected chi connectivity index (χ1v) is 10.8. The van der Waals surface area contributed by atoms with E-state index in [1.165, 1.54) is 6.92 Å². The molecule has 1 fully saturated rings. The van der Waals surface area contributed by atoms with Crippen molar-refractivity contribution < 1.29 is 31.2 Å². The summed E-state index contributed by atoms with van der Waals surface area (Å²) in [4.78, 5) is 24.8. The molecule has 2 aromatic carbocycles. The van der Waals surface area contributed by atoms with Crippen molar-refractivity contribution in [2.45, 2.75) is 11.8 Å². The number of hydrogen-bond acceptors (Lipinski definition) is 5. The van der Waals surface area contributed by atoms with Crippen LogP contribution < -0.4 is 5.32 Å². The standard InChI is InChI=1S/C20H20F3N3O4S/c1-13(27)14-4-2-3-5-16(14)24-18(28)12-25-8-10-26(11-9-25)31(29,30)17-7-6-15(21)19(22)20(17)23/h2-7H,8-12H2,1H3,(H,24,28). The van der Waals surface area contributed by atoms with Crippen LogP contribution in [-0.4, -0.2) is 62.0 Å². The van der Waals surface area contributed by atoms with Crippen molar-refractivity contribution >= 4 is 27.4 Å². The van der Waals surface area contributed by atoms with E-state index in [2.05, 4.69) is 5.32 Å². The third kappa shape index (κ3) is 4.94. The molecule has 1 heterocycles. The molecule has 0 bridgehead atoms. The molecule has 7 nitrogen and oxygen atoms in total. The molecule has 1 saturated heterocycles. The monoisotopic (exact) mass is 455 g/mol. The summed E-state index contributed by atoms with van der Waals surface area (Å²) in [6, 6.07) is 7.82. The van der Waals surface area contributed by atoms with Crippen molar-refractivity contribution in [3.63, 3.8) is 0 Å². The number of amides is 1. The van der Waals surface area contributed by atoms with Crippen molar-refractivity contribution in [2.24, 2.45) is 0 Å². The topological polar surface area (TPSA) is 86.8 Å². The van der Waals surface area contributed by atoms with Crippen LogP contribution in [0.1, 0.15) is 17.3 Å². The van der Waals surface area contributed by atoms with E-state index < -0.39 is 32.4 Å². The number of Topliss-reactive ketones (excluding diaryl/α,β-unsaturated/α-hetero) is 1. The van der Waals surface area contributed by atoms with Gasteiger partial charge in [0.1, 0.15) is 4.90 Å². The number of rotatable bonds is 6. The summed E-state index contributed by atoms with van der Waals surface area (Å²) in [5.41, 5.74) is 0.760. The van der Waals surface area contributed by atoms with E-state index in [4.69, 9.17) is 0 Å². The Hall–Kier alpha value is -2.76. The van der Waals surface area contributed by atoms with Gasteiger partial charge in [0.25, 0.3) is 0 Å². The normalized spacial score (nSPS) is 15.6. The van der Waals surface area contributed by atoms with Gasteiger partial charge in [-0.3, -0.25) is 14.5 Å². The van der Waals surface area contributed by atoms with Crippen LogP contribution in [0.15, 0.2) is 41.3 Å². The summed E-state index contributed by atoms with van der Waals surface area (Å²) in [5.74, 6) is -5.65. The van der Waals surface area contributed by atoms with E-state index in [1.54, 1.807) is 29.2 Å². The van der Waals surface area contributed by atoms with Gasteiger partial charge in [0.05, 0.1) is 12.2 Å². The lowest BCUT2D eigenvalue weighted by Crippen LogP contribution is -2.50. The van der Waals surface area contributed by atoms with E-state index >= 15 is 0 Å². The number of sulfonamides is 1. The summed E-state index contributed by atoms with van der Waals surface area (Å²) in [7, 11) is -4.36. The zero-order valence-electron chi connectivity index (χ0n) is 16.6. The minimum Gasteiger partial charge on any atom is -0.324 e. The van der Waals surface area contributed by atoms with Gasteiger partial charge < -0.3 is 5.32 Å². The van der Waals surface area contributed by atoms with Gasteiger partial charge in [-0.05, 0) is 31.2 Å². The molecular formula is C20H20F3N3O4S. The highest BCUT2D eigenvalue weighted by atomic mass is 32.2. The zero-order valence-corrected chi connectivity index (χ0v) is 17.4. The fourth-order valence-corrected chi connectivity index (χ4v) is 4.74. The van der Waals surface area contributed by atoms with E-state index in [0.29, 0.717) is 23.4 Å². The molecule has 31 heavy (non-hydrogen) atoms. The number of carbonyl (C=O) groups excluding carboxylic acids is 2. The minimum atomic E-state index is -4.36. The van der Waals surface area contributed by atoms with Crippen molar-refractivity contribution in [3.05, 3.63) is 59.4 Å². The average Bonchev–Trinajstić information content (AvgIpc) is 2.72. The fourth-order valence-electron chi connectivity index (χ4n) is 3.27. The Morgan fingerprint density at radius 2 is 1.61 bits per heavy atom. The second-order valence-corrected chi connectivity index (χ2v) is 8.91. The Labute approximate surface area is 177 Å². The smallest absolute Gasteiger partial charge is 0.246 e. The molecule has 0 spiro atoms. The van der Waals surface area contributed by atoms with Gasteiger partial charge >= 0.3 is 0 Å². The minimum absolute atomic E-state index is 0.0420. The van der Waals surface area contributed by atoms with Crippen LogP contribution in [0.4, 0.5) is 18.9 Å². The highest BCUT2D eigenvalue weighted by molar-refractivity contribution is 7.89. The van der Waals surface area contributed by atoms with Crippen molar-refractivity contribution in [1.29, 1.82) is 0 Å². The molecule has 166 valence electrons. The second kappa shape index (κ2) is 9.16. The van der Waals surface area contributed by atoms with Crippen molar-refractivity contribution in [3.8, 4) is 0 Å². The van der Waals surface area contributed by atoms with Gasteiger partial charge in [0, 0.05) is 31.7 Å². The summed E-state index contributed by atoms with van der Waals surface area (Å²) in [6.45, 7) is 1.58. The molecule has 1 aliphatic heterocycles. The van der Waals surface area contributed by atoms with Gasteiger partial charge in [-0.25, -0.2) is 21.6 Å². The lowest BCUT2D eigenvalue weighted by atomic mass is 10.1. The molecule has 0 saturated carbocycles. The third-order valence-corrected chi connectivity index (χ3v) is 6.81. The Morgan fingerprint density at radius 1 is 0.968 bits per heavy atom. The first-order valence-electron chi connectivity index (χ1n) is 9.37. The molecule has 1 amide bonds. The SMILES string of the molecule is CC(=O)c1ccccc1NC(=O)CN1CCN(S(=O)(=O)c2ccc(F)c(F)c2F)CC1. The maximum atomic E-state index is 14.0. The maximum absolute atomic E-state index is 14.0. The summed E-state index contributed by atoms with van der Waals surface area (Å²) in [5, 5.41) is 2.67. The number of carbonyl (C=O) groups is 2. The van der Waals surface area contributed by atoms with Crippen LogP contribution in [0.25, 0.3) is 0 Å². The Morgan fingerprint density at radius 3 is 2.26 bits per heavy atom. The van der Waals surface area contributed by atoms with Crippen LogP contribution in [0, 0.1) is 17.5 Å². The number of halogens is 3. The number of hydrogen-bond donors (Lipinski definition) is 1. The molecule has 0 atom stereocenters. The lowest BCUT2D eigenvalue weighted by Gasteiger charge is -2.33. The fraction of sp³-hybridized carbons (Fsp3) is 0.300. The average molecular weight is 455 g/mol. The predicted molar refractivity (Wildman–Crippen MR) is 107 cm³/mol. The molecular weight excluding hydrogens is 435 g/mol. The number of piperazine rings is 1. The van der Waals surface area contributed by atoms with E-state index in [1.807, 2.05) is 0 Å². The highest BCUT2D eigenvalue weighted by Gasteiger charge is 2.32. The van der Waals surface area contributed by atoms with Crippen LogP contribution >= 0.6 is 0 Å². The van der Waals surface area contributed by atoms with E-state index in [9.17, 15) is 31.2 Å². The molecule has 0 radical (unpaired) electrons. The number of para-hydroxylation sites is 1. The molecule has 1 aliphatic rings. The van der Waals surface area contributed by atoms with Crippen LogP contribution in [-0.2, 0) is 14.8 Å². The van der Waals surface area contributed by atoms with Gasteiger partial charge in [-0.2, -0.15) is 4.31 Å². The molecule has 2 aromatic rings. The van der Waals surface area contributed by atoms with E-state index in [-0.39, 0.29) is 44.4 Å². The molecule has 0 aliphatic carbocycles. The summed E-state index contributed by atoms with van der Waals surface area (Å²) >= 11 is 0. The maximum Gasteiger partial charge on any atom is 0.246 e. The van der Waals surface area contributed by atoms with E-state index in [0.717, 1.165) is 4.31 Å². The number of ketones is 1. The van der Waals surface area contributed by atoms with Crippen LogP contribution in [0.2, 0.25) is 0 Å². The first-order chi connectivity index (χ1) is 14.6. The molecule has 1 N–H and O–H groups in total. The van der Waals surface area contributed by atoms with Crippen molar-refractivity contribution in [1.82, 2.24) is 9.21 Å². The van der Waals surface area contributed by atoms with Gasteiger partial charge in [-0.1, -0.05) is 12.1 Å². The largest absolute Gasteiger partial charge is 0.324 e. The second-order valence-electron chi connectivity index (χ2n) is 7.00. The summed E-state index contributed by atoms with van der Waals surface area (Å²) < 4.78 is 66.7. The van der Waals surface area contributed by atoms with Crippen molar-refractivity contribution in [2.75, 3.05) is 38.0 Å². The molecule has 3 rings (SSSR count). The highest BCUT2D eigenvalue weighted by Crippen LogP contribution is 2.24. The molecule has 11 heteroatoms. The van der Waals surface area contributed by atoms with Gasteiger partial charge in [0.2, 0.25) is 15.9 Å². The Balaban J connectivity index is 1.62. The van der Waals surface area contributed by atoms with Gasteiger partial charge in [0.15, 0.2) is 23.2 Å². The quantitative estimate of drug-likeness (QED) is 0.534. The summed E-state index contributed by atoms with van der Waals surface area (Å²) in [6.07, 6.45) is 0. The number of nitrogens with one attached hydrogen (secondary N) is 1.